The molecular formula is C21H22N4O3. The molecule has 2 amide bonds. The van der Waals surface area contributed by atoms with E-state index in [-0.39, 0.29) is 0 Å². The molecule has 2 N–H and O–H groups in total. The van der Waals surface area contributed by atoms with Crippen LogP contribution in [0, 0.1) is 0 Å². The molecule has 1 atom stereocenters. The van der Waals surface area contributed by atoms with E-state index in [2.05, 4.69) is 15.6 Å². The Kier molecular flexibility index (Phi) is 5.34. The van der Waals surface area contributed by atoms with Gasteiger partial charge in [-0.2, -0.15) is 0 Å². The number of hydrogen-bond donors (Lipinski definition) is 2. The van der Waals surface area contributed by atoms with Gasteiger partial charge in [-0.25, -0.2) is 9.79 Å². The largest absolute Gasteiger partial charge is 0.428 e. The van der Waals surface area contributed by atoms with Gasteiger partial charge in [-0.15, -0.1) is 5.06 Å². The molecule has 0 aliphatic carbocycles. The molecule has 0 spiro atoms. The predicted molar refractivity (Wildman–Crippen MR) is 106 cm³/mol. The fraction of sp³-hybridized carbons (Fsp3) is 0.286. The highest BCUT2D eigenvalue weighted by atomic mass is 16.7. The van der Waals surface area contributed by atoms with Gasteiger partial charge in [-0.3, -0.25) is 10.1 Å². The van der Waals surface area contributed by atoms with Crippen LogP contribution < -0.4 is 10.6 Å². The molecule has 2 aliphatic rings. The molecule has 28 heavy (non-hydrogen) atoms. The number of hydroxylamine groups is 2. The van der Waals surface area contributed by atoms with Gasteiger partial charge in [0.1, 0.15) is 0 Å². The fourth-order valence-corrected chi connectivity index (χ4v) is 3.39. The number of hydrogen-bond acceptors (Lipinski definition) is 5. The third kappa shape index (κ3) is 4.04. The number of amides is 2. The number of aliphatic imine (C=N–C) groups is 1. The minimum Gasteiger partial charge on any atom is -0.351 e. The smallest absolute Gasteiger partial charge is 0.351 e. The number of piperidine rings is 1. The number of nitrogens with zero attached hydrogens (tertiary/aromatic N) is 2. The first-order chi connectivity index (χ1) is 13.7. The summed E-state index contributed by atoms with van der Waals surface area (Å²) in [6.07, 6.45) is 1.35. The number of benzodiazepines with no additional fused rings is 1. The molecule has 2 heterocycles. The predicted octanol–water partition coefficient (Wildman–Crippen LogP) is 2.93. The Bertz CT molecular complexity index is 892. The Labute approximate surface area is 163 Å². The molecule has 7 nitrogen and oxygen atoms in total. The standard InChI is InChI=1S/C21H22N4O3/c26-20-19(24-21(27)28-25-13-7-2-8-14-25)23-18(15-9-3-1-4-10-15)16-11-5-6-12-17(16)22-20/h1,3-6,9-12,19H,2,7-8,13-14H2,(H,22,26)(H,24,27). The second kappa shape index (κ2) is 8.22. The van der Waals surface area contributed by atoms with E-state index in [9.17, 15) is 9.59 Å². The summed E-state index contributed by atoms with van der Waals surface area (Å²) in [6.45, 7) is 1.41. The second-order valence-corrected chi connectivity index (χ2v) is 6.79. The monoisotopic (exact) mass is 378 g/mol. The molecule has 2 aromatic carbocycles. The van der Waals surface area contributed by atoms with Crippen molar-refractivity contribution >= 4 is 23.4 Å². The number of anilines is 1. The third-order valence-electron chi connectivity index (χ3n) is 4.78. The summed E-state index contributed by atoms with van der Waals surface area (Å²) in [6, 6.07) is 17.0. The third-order valence-corrected chi connectivity index (χ3v) is 4.78. The molecule has 0 bridgehead atoms. The maximum Gasteiger partial charge on any atom is 0.428 e. The number of para-hydroxylation sites is 1. The lowest BCUT2D eigenvalue weighted by atomic mass is 10.0. The number of nitrogens with one attached hydrogen (secondary N) is 2. The molecule has 0 radical (unpaired) electrons. The average molecular weight is 378 g/mol. The van der Waals surface area contributed by atoms with Gasteiger partial charge < -0.3 is 10.2 Å². The summed E-state index contributed by atoms with van der Waals surface area (Å²) in [5.41, 5.74) is 2.96. The lowest BCUT2D eigenvalue weighted by Crippen LogP contribution is -2.45. The SMILES string of the molecule is O=C(NC1N=C(c2ccccc2)c2ccccc2NC1=O)ON1CCCCC1. The zero-order valence-electron chi connectivity index (χ0n) is 15.4. The zero-order chi connectivity index (χ0) is 19.3. The van der Waals surface area contributed by atoms with E-state index in [0.717, 1.165) is 30.4 Å². The van der Waals surface area contributed by atoms with E-state index in [4.69, 9.17) is 4.84 Å². The lowest BCUT2D eigenvalue weighted by molar-refractivity contribution is -0.121. The van der Waals surface area contributed by atoms with Crippen molar-refractivity contribution in [2.45, 2.75) is 25.4 Å². The van der Waals surface area contributed by atoms with E-state index in [0.29, 0.717) is 24.5 Å². The molecule has 7 heteroatoms. The van der Waals surface area contributed by atoms with Gasteiger partial charge in [0, 0.05) is 24.2 Å². The minimum absolute atomic E-state index is 0.408. The van der Waals surface area contributed by atoms with Crippen LogP contribution >= 0.6 is 0 Å². The summed E-state index contributed by atoms with van der Waals surface area (Å²) in [5.74, 6) is -0.408. The van der Waals surface area contributed by atoms with Crippen LogP contribution in [-0.4, -0.2) is 42.0 Å². The Hall–Kier alpha value is -3.19. The van der Waals surface area contributed by atoms with Crippen LogP contribution in [0.3, 0.4) is 0 Å². The summed E-state index contributed by atoms with van der Waals surface area (Å²) in [4.78, 5) is 34.9. The summed E-state index contributed by atoms with van der Waals surface area (Å²) >= 11 is 0. The van der Waals surface area contributed by atoms with E-state index in [1.165, 1.54) is 0 Å². The normalized spacial score (nSPS) is 19.6. The highest BCUT2D eigenvalue weighted by Crippen LogP contribution is 2.23. The van der Waals surface area contributed by atoms with Crippen LogP contribution in [0.1, 0.15) is 30.4 Å². The van der Waals surface area contributed by atoms with Crippen molar-refractivity contribution in [1.82, 2.24) is 10.4 Å². The van der Waals surface area contributed by atoms with Crippen LogP contribution in [-0.2, 0) is 9.63 Å². The summed E-state index contributed by atoms with van der Waals surface area (Å²) in [5, 5.41) is 7.06. The lowest BCUT2D eigenvalue weighted by Gasteiger charge is -2.25. The molecule has 2 aliphatic heterocycles. The van der Waals surface area contributed by atoms with E-state index in [1.54, 1.807) is 5.06 Å². The van der Waals surface area contributed by atoms with E-state index >= 15 is 0 Å². The van der Waals surface area contributed by atoms with E-state index < -0.39 is 18.2 Å². The van der Waals surface area contributed by atoms with Crippen molar-refractivity contribution in [3.63, 3.8) is 0 Å². The first-order valence-electron chi connectivity index (χ1n) is 9.47. The van der Waals surface area contributed by atoms with Gasteiger partial charge in [-0.05, 0) is 18.9 Å². The topological polar surface area (TPSA) is 83.0 Å². The van der Waals surface area contributed by atoms with Gasteiger partial charge in [0.15, 0.2) is 0 Å². The first kappa shape index (κ1) is 18.2. The highest BCUT2D eigenvalue weighted by Gasteiger charge is 2.28. The molecule has 1 fully saturated rings. The average Bonchev–Trinajstić information content (AvgIpc) is 2.86. The fourth-order valence-electron chi connectivity index (χ4n) is 3.39. The highest BCUT2D eigenvalue weighted by molar-refractivity contribution is 6.19. The molecule has 0 saturated carbocycles. The van der Waals surface area contributed by atoms with Crippen molar-refractivity contribution in [3.8, 4) is 0 Å². The zero-order valence-corrected chi connectivity index (χ0v) is 15.4. The Morgan fingerprint density at radius 2 is 1.75 bits per heavy atom. The van der Waals surface area contributed by atoms with Gasteiger partial charge in [0.05, 0.1) is 11.4 Å². The van der Waals surface area contributed by atoms with Crippen LogP contribution in [0.4, 0.5) is 10.5 Å². The van der Waals surface area contributed by atoms with Crippen LogP contribution in [0.15, 0.2) is 59.6 Å². The Balaban J connectivity index is 1.60. The molecule has 1 saturated heterocycles. The van der Waals surface area contributed by atoms with Crippen LogP contribution in [0.5, 0.6) is 0 Å². The van der Waals surface area contributed by atoms with Crippen LogP contribution in [0.2, 0.25) is 0 Å². The maximum absolute atomic E-state index is 12.7. The molecule has 0 aromatic heterocycles. The molecule has 144 valence electrons. The molecule has 4 rings (SSSR count). The summed E-state index contributed by atoms with van der Waals surface area (Å²) in [7, 11) is 0. The van der Waals surface area contributed by atoms with Gasteiger partial charge in [0.2, 0.25) is 6.17 Å². The van der Waals surface area contributed by atoms with Crippen molar-refractivity contribution in [1.29, 1.82) is 0 Å². The Morgan fingerprint density at radius 1 is 1.04 bits per heavy atom. The van der Waals surface area contributed by atoms with Crippen molar-refractivity contribution in [2.24, 2.45) is 4.99 Å². The van der Waals surface area contributed by atoms with Crippen molar-refractivity contribution < 1.29 is 14.4 Å². The van der Waals surface area contributed by atoms with Gasteiger partial charge in [0.25, 0.3) is 5.91 Å². The number of fused-ring (bicyclic) bond motifs is 1. The minimum atomic E-state index is -1.08. The van der Waals surface area contributed by atoms with Crippen molar-refractivity contribution in [3.05, 3.63) is 65.7 Å². The molecular weight excluding hydrogens is 356 g/mol. The Morgan fingerprint density at radius 3 is 2.54 bits per heavy atom. The maximum atomic E-state index is 12.7. The van der Waals surface area contributed by atoms with E-state index in [1.807, 2.05) is 54.6 Å². The van der Waals surface area contributed by atoms with Crippen LogP contribution in [0.25, 0.3) is 0 Å². The molecule has 2 aromatic rings. The molecule has 1 unspecified atom stereocenters. The summed E-state index contributed by atoms with van der Waals surface area (Å²) < 4.78 is 0. The van der Waals surface area contributed by atoms with Crippen molar-refractivity contribution in [2.75, 3.05) is 18.4 Å². The van der Waals surface area contributed by atoms with Gasteiger partial charge >= 0.3 is 6.09 Å². The number of carbonyl (C=O) groups excluding carboxylic acids is 2. The second-order valence-electron chi connectivity index (χ2n) is 6.79. The number of benzene rings is 2. The first-order valence-corrected chi connectivity index (χ1v) is 9.47. The number of rotatable bonds is 3. The number of carbonyl (C=O) groups is 2. The quantitative estimate of drug-likeness (QED) is 0.860. The van der Waals surface area contributed by atoms with Gasteiger partial charge in [-0.1, -0.05) is 55.0 Å².